The van der Waals surface area contributed by atoms with Crippen LogP contribution in [0.1, 0.15) is 19.4 Å². The topological polar surface area (TPSA) is 58.4 Å². The lowest BCUT2D eigenvalue weighted by Crippen LogP contribution is -2.62. The highest BCUT2D eigenvalue weighted by molar-refractivity contribution is 5.87. The number of aryl methyl sites for hydroxylation is 1. The molecule has 4 heteroatoms. The van der Waals surface area contributed by atoms with Gasteiger partial charge in [-0.05, 0) is 25.0 Å². The summed E-state index contributed by atoms with van der Waals surface area (Å²) in [5, 5.41) is 2.91. The largest absolute Gasteiger partial charge is 0.354 e. The predicted molar refractivity (Wildman–Crippen MR) is 73.6 cm³/mol. The van der Waals surface area contributed by atoms with E-state index in [1.54, 1.807) is 0 Å². The number of nitrogens with zero attached hydrogens (tertiary/aromatic N) is 1. The Morgan fingerprint density at radius 2 is 2.17 bits per heavy atom. The molecule has 4 nitrogen and oxygen atoms in total. The van der Waals surface area contributed by atoms with E-state index in [-0.39, 0.29) is 18.0 Å². The van der Waals surface area contributed by atoms with Gasteiger partial charge >= 0.3 is 0 Å². The molecule has 1 aromatic carbocycles. The van der Waals surface area contributed by atoms with Gasteiger partial charge < -0.3 is 16.0 Å². The lowest BCUT2D eigenvalue weighted by atomic mass is 10.0. The lowest BCUT2D eigenvalue weighted by molar-refractivity contribution is -0.123. The molecule has 1 aliphatic rings. The number of hydrogen-bond acceptors (Lipinski definition) is 3. The Balaban J connectivity index is 2.41. The van der Waals surface area contributed by atoms with Crippen LogP contribution in [-0.4, -0.2) is 31.1 Å². The van der Waals surface area contributed by atoms with E-state index in [0.717, 1.165) is 12.1 Å². The molecule has 0 aliphatic carbocycles. The van der Waals surface area contributed by atoms with Crippen molar-refractivity contribution < 1.29 is 4.79 Å². The third kappa shape index (κ3) is 2.20. The standard InChI is InChI=1S/C14H21N3O/c1-3-11-6-4-5-7-12(11)17-10(2)9-16-14(18)13(17)8-15/h4-7,10,13H,3,8-9,15H2,1-2H3,(H,16,18). The van der Waals surface area contributed by atoms with Crippen LogP contribution in [0.25, 0.3) is 0 Å². The minimum atomic E-state index is -0.263. The predicted octanol–water partition coefficient (Wildman–Crippen LogP) is 0.901. The van der Waals surface area contributed by atoms with E-state index in [1.165, 1.54) is 5.56 Å². The quantitative estimate of drug-likeness (QED) is 0.834. The number of nitrogens with two attached hydrogens (primary N) is 1. The molecular weight excluding hydrogens is 226 g/mol. The van der Waals surface area contributed by atoms with Crippen LogP contribution in [0.15, 0.2) is 24.3 Å². The van der Waals surface area contributed by atoms with E-state index in [9.17, 15) is 4.79 Å². The number of rotatable bonds is 3. The summed E-state index contributed by atoms with van der Waals surface area (Å²) in [5.74, 6) is 0.0292. The molecule has 1 amide bonds. The monoisotopic (exact) mass is 247 g/mol. The summed E-state index contributed by atoms with van der Waals surface area (Å²) >= 11 is 0. The van der Waals surface area contributed by atoms with Gasteiger partial charge in [-0.15, -0.1) is 0 Å². The molecule has 18 heavy (non-hydrogen) atoms. The molecule has 1 saturated heterocycles. The van der Waals surface area contributed by atoms with E-state index >= 15 is 0 Å². The number of anilines is 1. The molecule has 2 unspecified atom stereocenters. The Morgan fingerprint density at radius 1 is 1.44 bits per heavy atom. The van der Waals surface area contributed by atoms with Crippen LogP contribution in [0.3, 0.4) is 0 Å². The molecule has 0 bridgehead atoms. The average molecular weight is 247 g/mol. The van der Waals surface area contributed by atoms with Crippen LogP contribution < -0.4 is 16.0 Å². The van der Waals surface area contributed by atoms with E-state index in [1.807, 2.05) is 12.1 Å². The molecule has 1 fully saturated rings. The van der Waals surface area contributed by atoms with Gasteiger partial charge in [0.15, 0.2) is 0 Å². The van der Waals surface area contributed by atoms with Crippen LogP contribution in [0.5, 0.6) is 0 Å². The summed E-state index contributed by atoms with van der Waals surface area (Å²) in [6.07, 6.45) is 0.957. The highest BCUT2D eigenvalue weighted by Gasteiger charge is 2.33. The number of carbonyl (C=O) groups is 1. The number of carbonyl (C=O) groups excluding carboxylic acids is 1. The first-order valence-electron chi connectivity index (χ1n) is 6.53. The number of benzene rings is 1. The molecule has 1 aromatic rings. The van der Waals surface area contributed by atoms with Crippen molar-refractivity contribution in [3.8, 4) is 0 Å². The fourth-order valence-electron chi connectivity index (χ4n) is 2.59. The summed E-state index contributed by atoms with van der Waals surface area (Å²) in [4.78, 5) is 14.1. The second kappa shape index (κ2) is 5.40. The van der Waals surface area contributed by atoms with Crippen LogP contribution >= 0.6 is 0 Å². The fraction of sp³-hybridized carbons (Fsp3) is 0.500. The van der Waals surface area contributed by atoms with Crippen molar-refractivity contribution in [1.29, 1.82) is 0 Å². The first-order chi connectivity index (χ1) is 8.69. The van der Waals surface area contributed by atoms with Crippen molar-refractivity contribution in [1.82, 2.24) is 5.32 Å². The zero-order valence-electron chi connectivity index (χ0n) is 11.0. The molecule has 2 atom stereocenters. The van der Waals surface area contributed by atoms with Gasteiger partial charge in [-0.2, -0.15) is 0 Å². The van der Waals surface area contributed by atoms with E-state index in [4.69, 9.17) is 5.73 Å². The number of piperazine rings is 1. The summed E-state index contributed by atoms with van der Waals surface area (Å²) in [5.41, 5.74) is 8.17. The lowest BCUT2D eigenvalue weighted by Gasteiger charge is -2.42. The SMILES string of the molecule is CCc1ccccc1N1C(C)CNC(=O)C1CN. The zero-order valence-corrected chi connectivity index (χ0v) is 11.0. The van der Waals surface area contributed by atoms with Crippen molar-refractivity contribution in [2.24, 2.45) is 5.73 Å². The van der Waals surface area contributed by atoms with Crippen molar-refractivity contribution in [3.63, 3.8) is 0 Å². The Labute approximate surface area is 108 Å². The van der Waals surface area contributed by atoms with Crippen LogP contribution in [0, 0.1) is 0 Å². The van der Waals surface area contributed by atoms with Crippen LogP contribution in [-0.2, 0) is 11.2 Å². The van der Waals surface area contributed by atoms with Gasteiger partial charge in [0.1, 0.15) is 6.04 Å². The second-order valence-corrected chi connectivity index (χ2v) is 4.74. The second-order valence-electron chi connectivity index (χ2n) is 4.74. The molecular formula is C14H21N3O. The fourth-order valence-corrected chi connectivity index (χ4v) is 2.59. The van der Waals surface area contributed by atoms with Crippen molar-refractivity contribution in [2.45, 2.75) is 32.4 Å². The molecule has 0 spiro atoms. The van der Waals surface area contributed by atoms with E-state index < -0.39 is 0 Å². The third-order valence-electron chi connectivity index (χ3n) is 3.56. The first kappa shape index (κ1) is 12.9. The highest BCUT2D eigenvalue weighted by Crippen LogP contribution is 2.26. The summed E-state index contributed by atoms with van der Waals surface area (Å²) < 4.78 is 0. The van der Waals surface area contributed by atoms with Gasteiger partial charge in [0.25, 0.3) is 0 Å². The van der Waals surface area contributed by atoms with E-state index in [0.29, 0.717) is 13.1 Å². The molecule has 98 valence electrons. The first-order valence-corrected chi connectivity index (χ1v) is 6.53. The van der Waals surface area contributed by atoms with Crippen LogP contribution in [0.4, 0.5) is 5.69 Å². The maximum Gasteiger partial charge on any atom is 0.244 e. The number of para-hydroxylation sites is 1. The number of nitrogens with one attached hydrogen (secondary N) is 1. The van der Waals surface area contributed by atoms with Crippen molar-refractivity contribution in [3.05, 3.63) is 29.8 Å². The molecule has 1 aliphatic heterocycles. The molecule has 0 saturated carbocycles. The number of amides is 1. The Kier molecular flexibility index (Phi) is 3.87. The van der Waals surface area contributed by atoms with Gasteiger partial charge in [-0.1, -0.05) is 25.1 Å². The van der Waals surface area contributed by atoms with Gasteiger partial charge in [0, 0.05) is 24.8 Å². The molecule has 0 radical (unpaired) electrons. The normalized spacial score (nSPS) is 23.9. The maximum atomic E-state index is 11.9. The maximum absolute atomic E-state index is 11.9. The van der Waals surface area contributed by atoms with Gasteiger partial charge in [0.05, 0.1) is 0 Å². The van der Waals surface area contributed by atoms with Gasteiger partial charge in [-0.25, -0.2) is 0 Å². The molecule has 0 aromatic heterocycles. The molecule has 2 rings (SSSR count). The Morgan fingerprint density at radius 3 is 2.83 bits per heavy atom. The molecule has 3 N–H and O–H groups in total. The number of hydrogen-bond donors (Lipinski definition) is 2. The Bertz CT molecular complexity index is 433. The van der Waals surface area contributed by atoms with Gasteiger partial charge in [-0.3, -0.25) is 4.79 Å². The van der Waals surface area contributed by atoms with Crippen molar-refractivity contribution in [2.75, 3.05) is 18.0 Å². The third-order valence-corrected chi connectivity index (χ3v) is 3.56. The average Bonchev–Trinajstić information content (AvgIpc) is 2.41. The van der Waals surface area contributed by atoms with Gasteiger partial charge in [0.2, 0.25) is 5.91 Å². The smallest absolute Gasteiger partial charge is 0.244 e. The minimum absolute atomic E-state index is 0.0292. The molecule has 1 heterocycles. The zero-order chi connectivity index (χ0) is 13.1. The summed E-state index contributed by atoms with van der Waals surface area (Å²) in [7, 11) is 0. The minimum Gasteiger partial charge on any atom is -0.354 e. The highest BCUT2D eigenvalue weighted by atomic mass is 16.2. The van der Waals surface area contributed by atoms with Crippen molar-refractivity contribution >= 4 is 11.6 Å². The Hall–Kier alpha value is -1.55. The van der Waals surface area contributed by atoms with E-state index in [2.05, 4.69) is 36.2 Å². The summed E-state index contributed by atoms with van der Waals surface area (Å²) in [6, 6.07) is 8.25. The van der Waals surface area contributed by atoms with Crippen LogP contribution in [0.2, 0.25) is 0 Å². The summed E-state index contributed by atoms with van der Waals surface area (Å²) in [6.45, 7) is 5.26.